The van der Waals surface area contributed by atoms with E-state index in [0.717, 1.165) is 4.47 Å². The van der Waals surface area contributed by atoms with E-state index < -0.39 is 17.8 Å². The number of carbonyl (C=O) groups excluding carboxylic acids is 2. The molecule has 1 amide bonds. The first-order valence-electron chi connectivity index (χ1n) is 9.13. The molecule has 0 aliphatic rings. The number of aryl methyl sites for hydroxylation is 1. The van der Waals surface area contributed by atoms with Crippen LogP contribution in [0.4, 0.5) is 4.39 Å². The highest BCUT2D eigenvalue weighted by atomic mass is 79.9. The number of carbonyl (C=O) groups is 2. The molecule has 156 valence electrons. The minimum Gasteiger partial charge on any atom is -0.469 e. The molecule has 9 heteroatoms. The summed E-state index contributed by atoms with van der Waals surface area (Å²) in [7, 11) is 1.25. The van der Waals surface area contributed by atoms with Crippen molar-refractivity contribution in [3.63, 3.8) is 0 Å². The maximum absolute atomic E-state index is 13.2. The van der Waals surface area contributed by atoms with E-state index in [1.54, 1.807) is 18.2 Å². The lowest BCUT2D eigenvalue weighted by Crippen LogP contribution is -2.32. The van der Waals surface area contributed by atoms with Gasteiger partial charge in [-0.05, 0) is 35.9 Å². The van der Waals surface area contributed by atoms with Gasteiger partial charge in [0.15, 0.2) is 0 Å². The number of nitrogens with zero attached hydrogens (tertiary/aromatic N) is 2. The van der Waals surface area contributed by atoms with Crippen LogP contribution in [0.25, 0.3) is 10.9 Å². The molecule has 2 aromatic carbocycles. The molecular formula is C21H19BrFN3O4. The van der Waals surface area contributed by atoms with Crippen LogP contribution in [0.5, 0.6) is 0 Å². The van der Waals surface area contributed by atoms with Crippen molar-refractivity contribution in [1.82, 2.24) is 14.9 Å². The zero-order valence-corrected chi connectivity index (χ0v) is 17.7. The molecule has 0 aliphatic heterocycles. The Morgan fingerprint density at radius 1 is 1.23 bits per heavy atom. The average molecular weight is 476 g/mol. The number of nitrogens with one attached hydrogen (secondary N) is 1. The van der Waals surface area contributed by atoms with Gasteiger partial charge < -0.3 is 10.1 Å². The zero-order valence-electron chi connectivity index (χ0n) is 16.1. The van der Waals surface area contributed by atoms with Crippen molar-refractivity contribution in [2.75, 3.05) is 7.11 Å². The summed E-state index contributed by atoms with van der Waals surface area (Å²) in [6, 6.07) is 10.0. The molecule has 1 atom stereocenters. The van der Waals surface area contributed by atoms with Crippen molar-refractivity contribution in [3.05, 3.63) is 75.0 Å². The highest BCUT2D eigenvalue weighted by Crippen LogP contribution is 2.18. The predicted octanol–water partition coefficient (Wildman–Crippen LogP) is 3.11. The van der Waals surface area contributed by atoms with Crippen LogP contribution in [0.3, 0.4) is 0 Å². The summed E-state index contributed by atoms with van der Waals surface area (Å²) in [5.41, 5.74) is 0.890. The van der Waals surface area contributed by atoms with Gasteiger partial charge in [-0.15, -0.1) is 0 Å². The molecule has 0 radical (unpaired) electrons. The summed E-state index contributed by atoms with van der Waals surface area (Å²) >= 11 is 3.33. The van der Waals surface area contributed by atoms with Crippen LogP contribution >= 0.6 is 15.9 Å². The number of hydrogen-bond donors (Lipinski definition) is 1. The number of methoxy groups -OCH3 is 1. The van der Waals surface area contributed by atoms with Crippen LogP contribution < -0.4 is 10.9 Å². The normalized spacial score (nSPS) is 11.8. The van der Waals surface area contributed by atoms with E-state index >= 15 is 0 Å². The lowest BCUT2D eigenvalue weighted by molar-refractivity contribution is -0.141. The molecule has 0 saturated heterocycles. The monoisotopic (exact) mass is 475 g/mol. The zero-order chi connectivity index (χ0) is 21.7. The maximum Gasteiger partial charge on any atom is 0.307 e. The first kappa shape index (κ1) is 21.6. The molecule has 3 aromatic rings. The quantitative estimate of drug-likeness (QED) is 0.530. The second-order valence-corrected chi connectivity index (χ2v) is 7.52. The predicted molar refractivity (Wildman–Crippen MR) is 112 cm³/mol. The standard InChI is InChI=1S/C21H19BrFN3O4/c1-30-20(28)11-18(13-2-5-15(23)6-3-13)25-19(27)8-9-26-12-24-17-7-4-14(22)10-16(17)21(26)29/h2-7,10,12,18H,8-9,11H2,1H3,(H,25,27). The van der Waals surface area contributed by atoms with Crippen LogP contribution in [-0.2, 0) is 20.9 Å². The minimum atomic E-state index is -0.673. The van der Waals surface area contributed by atoms with Crippen LogP contribution in [0.2, 0.25) is 0 Å². The number of halogens is 2. The molecule has 0 saturated carbocycles. The van der Waals surface area contributed by atoms with Gasteiger partial charge in [0.2, 0.25) is 5.91 Å². The van der Waals surface area contributed by atoms with Crippen LogP contribution in [0.1, 0.15) is 24.4 Å². The highest BCUT2D eigenvalue weighted by molar-refractivity contribution is 9.10. The van der Waals surface area contributed by atoms with Gasteiger partial charge in [0.25, 0.3) is 5.56 Å². The molecule has 1 heterocycles. The van der Waals surface area contributed by atoms with Crippen LogP contribution in [0, 0.1) is 5.82 Å². The molecule has 0 spiro atoms. The van der Waals surface area contributed by atoms with E-state index in [-0.39, 0.29) is 30.9 Å². The lowest BCUT2D eigenvalue weighted by atomic mass is 10.0. The number of benzene rings is 2. The van der Waals surface area contributed by atoms with Crippen molar-refractivity contribution in [1.29, 1.82) is 0 Å². The molecule has 0 aliphatic carbocycles. The summed E-state index contributed by atoms with van der Waals surface area (Å²) in [5, 5.41) is 3.19. The van der Waals surface area contributed by atoms with Crippen molar-refractivity contribution >= 4 is 38.7 Å². The molecule has 3 rings (SSSR count). The van der Waals surface area contributed by atoms with Crippen molar-refractivity contribution in [2.45, 2.75) is 25.4 Å². The van der Waals surface area contributed by atoms with Crippen molar-refractivity contribution in [3.8, 4) is 0 Å². The third-order valence-electron chi connectivity index (χ3n) is 4.57. The number of amides is 1. The van der Waals surface area contributed by atoms with E-state index in [1.807, 2.05) is 0 Å². The summed E-state index contributed by atoms with van der Waals surface area (Å²) in [6.07, 6.45) is 1.30. The summed E-state index contributed by atoms with van der Waals surface area (Å²) in [5.74, 6) is -1.30. The average Bonchev–Trinajstić information content (AvgIpc) is 2.73. The van der Waals surface area contributed by atoms with Gasteiger partial charge in [-0.25, -0.2) is 9.37 Å². The summed E-state index contributed by atoms with van der Waals surface area (Å²) in [4.78, 5) is 41.1. The molecule has 7 nitrogen and oxygen atoms in total. The molecule has 1 aromatic heterocycles. The Morgan fingerprint density at radius 3 is 2.67 bits per heavy atom. The fourth-order valence-corrected chi connectivity index (χ4v) is 3.34. The molecule has 0 fully saturated rings. The van der Waals surface area contributed by atoms with E-state index in [0.29, 0.717) is 16.5 Å². The van der Waals surface area contributed by atoms with Gasteiger partial charge in [-0.3, -0.25) is 19.0 Å². The molecular weight excluding hydrogens is 457 g/mol. The number of fused-ring (bicyclic) bond motifs is 1. The number of rotatable bonds is 7. The van der Waals surface area contributed by atoms with Crippen molar-refractivity contribution in [2.24, 2.45) is 0 Å². The van der Waals surface area contributed by atoms with Gasteiger partial charge in [0.05, 0.1) is 36.8 Å². The summed E-state index contributed by atoms with van der Waals surface area (Å²) < 4.78 is 20.0. The second-order valence-electron chi connectivity index (χ2n) is 6.61. The van der Waals surface area contributed by atoms with Gasteiger partial charge in [0.1, 0.15) is 5.82 Å². The Kier molecular flexibility index (Phi) is 6.94. The Bertz CT molecular complexity index is 1130. The second kappa shape index (κ2) is 9.62. The SMILES string of the molecule is COC(=O)CC(NC(=O)CCn1cnc2ccc(Br)cc2c1=O)c1ccc(F)cc1. The third kappa shape index (κ3) is 5.29. The molecule has 30 heavy (non-hydrogen) atoms. The van der Waals surface area contributed by atoms with Gasteiger partial charge in [0, 0.05) is 17.4 Å². The van der Waals surface area contributed by atoms with Crippen molar-refractivity contribution < 1.29 is 18.7 Å². The van der Waals surface area contributed by atoms with Crippen LogP contribution in [-0.4, -0.2) is 28.5 Å². The van der Waals surface area contributed by atoms with E-state index in [4.69, 9.17) is 0 Å². The number of esters is 1. The fraction of sp³-hybridized carbons (Fsp3) is 0.238. The van der Waals surface area contributed by atoms with Crippen LogP contribution in [0.15, 0.2) is 58.1 Å². The smallest absolute Gasteiger partial charge is 0.307 e. The Labute approximate surface area is 180 Å². The van der Waals surface area contributed by atoms with E-state index in [9.17, 15) is 18.8 Å². The molecule has 0 bridgehead atoms. The molecule has 1 N–H and O–H groups in total. The number of aromatic nitrogens is 2. The number of ether oxygens (including phenoxy) is 1. The Morgan fingerprint density at radius 2 is 1.97 bits per heavy atom. The largest absolute Gasteiger partial charge is 0.469 e. The minimum absolute atomic E-state index is 0.0000359. The molecule has 1 unspecified atom stereocenters. The Hall–Kier alpha value is -3.07. The first-order chi connectivity index (χ1) is 14.4. The first-order valence-corrected chi connectivity index (χ1v) is 9.93. The third-order valence-corrected chi connectivity index (χ3v) is 5.07. The van der Waals surface area contributed by atoms with E-state index in [2.05, 4.69) is 31.0 Å². The van der Waals surface area contributed by atoms with Gasteiger partial charge in [-0.2, -0.15) is 0 Å². The Balaban J connectivity index is 1.71. The number of hydrogen-bond acceptors (Lipinski definition) is 5. The van der Waals surface area contributed by atoms with E-state index in [1.165, 1.54) is 42.3 Å². The summed E-state index contributed by atoms with van der Waals surface area (Å²) in [6.45, 7) is 0.120. The topological polar surface area (TPSA) is 90.3 Å². The highest BCUT2D eigenvalue weighted by Gasteiger charge is 2.19. The fourth-order valence-electron chi connectivity index (χ4n) is 2.98. The van der Waals surface area contributed by atoms with Gasteiger partial charge in [-0.1, -0.05) is 28.1 Å². The maximum atomic E-state index is 13.2. The van der Waals surface area contributed by atoms with Gasteiger partial charge >= 0.3 is 5.97 Å². The lowest BCUT2D eigenvalue weighted by Gasteiger charge is -2.18.